The normalized spacial score (nSPS) is 20.7. The van der Waals surface area contributed by atoms with Crippen LogP contribution in [0.2, 0.25) is 0 Å². The minimum atomic E-state index is -5.61. The number of hydrogen-bond donors (Lipinski definition) is 9. The molecular formula is C12H23NO16S2. The molecule has 0 amide bonds. The Balaban J connectivity index is 6.07. The molecule has 0 radical (unpaired) electrons. The quantitative estimate of drug-likeness (QED) is 0.0788. The lowest BCUT2D eigenvalue weighted by molar-refractivity contribution is -0.154. The van der Waals surface area contributed by atoms with Crippen molar-refractivity contribution in [1.29, 1.82) is 0 Å². The van der Waals surface area contributed by atoms with Gasteiger partial charge in [-0.25, -0.2) is 8.37 Å². The van der Waals surface area contributed by atoms with Gasteiger partial charge in [0.2, 0.25) is 11.6 Å². The monoisotopic (exact) mass is 501 g/mol. The molecule has 0 aliphatic rings. The molecule has 10 N–H and O–H groups in total. The highest BCUT2D eigenvalue weighted by molar-refractivity contribution is 7.81. The molecule has 0 fully saturated rings. The van der Waals surface area contributed by atoms with Crippen LogP contribution in [0.5, 0.6) is 0 Å². The molecule has 0 aliphatic heterocycles. The van der Waals surface area contributed by atoms with Crippen LogP contribution in [0.1, 0.15) is 6.92 Å². The Morgan fingerprint density at radius 1 is 0.839 bits per heavy atom. The number of Topliss-reactive ketones (excluding diaryl/α,β-unsaturated/α-hetero) is 2. The Hall–Kier alpha value is -1.20. The lowest BCUT2D eigenvalue weighted by Crippen LogP contribution is -2.59. The third-order valence-corrected chi connectivity index (χ3v) is 4.62. The largest absolute Gasteiger partial charge is 0.397 e. The van der Waals surface area contributed by atoms with Crippen LogP contribution < -0.4 is 5.73 Å². The third kappa shape index (κ3) is 9.44. The zero-order valence-corrected chi connectivity index (χ0v) is 17.2. The Kier molecular flexibility index (Phi) is 11.2. The van der Waals surface area contributed by atoms with Gasteiger partial charge in [-0.15, -0.1) is 0 Å². The molecule has 31 heavy (non-hydrogen) atoms. The summed E-state index contributed by atoms with van der Waals surface area (Å²) in [6.45, 7) is -0.454. The maximum atomic E-state index is 12.2. The number of nitrogens with two attached hydrogens (primary N) is 1. The summed E-state index contributed by atoms with van der Waals surface area (Å²) in [7, 11) is -11.1. The topological polar surface area (TPSA) is 309 Å². The van der Waals surface area contributed by atoms with Crippen LogP contribution in [0.4, 0.5) is 0 Å². The highest BCUT2D eigenvalue weighted by Gasteiger charge is 2.46. The van der Waals surface area contributed by atoms with E-state index in [0.29, 0.717) is 0 Å². The van der Waals surface area contributed by atoms with E-state index in [9.17, 15) is 46.9 Å². The molecule has 8 atom stereocenters. The summed E-state index contributed by atoms with van der Waals surface area (Å²) in [5.74, 6) is -4.01. The van der Waals surface area contributed by atoms with Gasteiger partial charge in [0.05, 0.1) is 12.7 Å². The van der Waals surface area contributed by atoms with Gasteiger partial charge in [-0.3, -0.25) is 18.7 Å². The number of hydrogen-bond acceptors (Lipinski definition) is 15. The maximum absolute atomic E-state index is 12.2. The summed E-state index contributed by atoms with van der Waals surface area (Å²) < 4.78 is 69.4. The number of ketones is 2. The molecule has 0 heterocycles. The van der Waals surface area contributed by atoms with Crippen molar-refractivity contribution in [3.05, 3.63) is 0 Å². The van der Waals surface area contributed by atoms with Gasteiger partial charge in [0.1, 0.15) is 42.7 Å². The highest BCUT2D eigenvalue weighted by Crippen LogP contribution is 2.18. The molecule has 0 aromatic heterocycles. The molecule has 0 rings (SSSR count). The average Bonchev–Trinajstić information content (AvgIpc) is 2.64. The van der Waals surface area contributed by atoms with Crippen molar-refractivity contribution >= 4 is 32.4 Å². The van der Waals surface area contributed by atoms with Crippen LogP contribution in [-0.4, -0.2) is 124 Å². The Morgan fingerprint density at radius 2 is 1.26 bits per heavy atom. The first-order valence-corrected chi connectivity index (χ1v) is 10.7. The first-order valence-electron chi connectivity index (χ1n) is 8.00. The predicted molar refractivity (Wildman–Crippen MR) is 93.6 cm³/mol. The zero-order valence-electron chi connectivity index (χ0n) is 15.6. The van der Waals surface area contributed by atoms with Crippen LogP contribution in [0.15, 0.2) is 0 Å². The lowest BCUT2D eigenvalue weighted by Gasteiger charge is -2.31. The summed E-state index contributed by atoms with van der Waals surface area (Å²) >= 11 is 0. The fourth-order valence-corrected chi connectivity index (χ4v) is 3.16. The minimum Gasteiger partial charge on any atom is -0.394 e. The number of rotatable bonds is 14. The Morgan fingerprint density at radius 3 is 1.61 bits per heavy atom. The van der Waals surface area contributed by atoms with Crippen molar-refractivity contribution in [2.45, 2.75) is 55.7 Å². The van der Waals surface area contributed by atoms with Crippen molar-refractivity contribution in [1.82, 2.24) is 0 Å². The summed E-state index contributed by atoms with van der Waals surface area (Å²) in [4.78, 5) is 24.3. The van der Waals surface area contributed by atoms with E-state index in [2.05, 4.69) is 8.37 Å². The fraction of sp³-hybridized carbons (Fsp3) is 0.833. The predicted octanol–water partition coefficient (Wildman–Crippen LogP) is -6.36. The Bertz CT molecular complexity index is 826. The summed E-state index contributed by atoms with van der Waals surface area (Å²) in [5.41, 5.74) is 5.33. The second kappa shape index (κ2) is 11.6. The number of carbonyl (C=O) groups is 2. The van der Waals surface area contributed by atoms with E-state index in [4.69, 9.17) is 25.1 Å². The summed E-state index contributed by atoms with van der Waals surface area (Å²) in [6, 6.07) is -2.67. The Labute approximate surface area is 175 Å². The van der Waals surface area contributed by atoms with Gasteiger partial charge in [0.15, 0.2) is 0 Å². The van der Waals surface area contributed by atoms with Crippen molar-refractivity contribution < 1.29 is 74.5 Å². The van der Waals surface area contributed by atoms with Crippen LogP contribution in [-0.2, 0) is 38.8 Å². The van der Waals surface area contributed by atoms with Crippen molar-refractivity contribution in [3.8, 4) is 0 Å². The molecule has 0 bridgehead atoms. The standard InChI is InChI=1S/C12H23NO16S2/c1-3(15)6(17)8(19)10(21)9(20)7(18)5(13)12(29-31(25,26)27)11(4(16)2-14)28-30(22,23)24/h3-6,8,10-12,14-17,19,21H,2,13H2,1H3,(H,22,23,24)(H,25,26,27)/t3-,4-,5+,6-,8+,10-,11-,12-/m1/s1. The van der Waals surface area contributed by atoms with E-state index < -0.39 is 87.7 Å². The molecule has 17 nitrogen and oxygen atoms in total. The highest BCUT2D eigenvalue weighted by atomic mass is 32.3. The van der Waals surface area contributed by atoms with Gasteiger partial charge in [0.25, 0.3) is 0 Å². The summed E-state index contributed by atoms with van der Waals surface area (Å²) in [6.07, 6.45) is -17.0. The van der Waals surface area contributed by atoms with Crippen LogP contribution >= 0.6 is 0 Å². The zero-order chi connectivity index (χ0) is 24.9. The van der Waals surface area contributed by atoms with E-state index >= 15 is 0 Å². The number of carbonyl (C=O) groups excluding carboxylic acids is 2. The van der Waals surface area contributed by atoms with Gasteiger partial charge in [0, 0.05) is 0 Å². The molecule has 0 aliphatic carbocycles. The first-order chi connectivity index (χ1) is 13.8. The molecule has 0 unspecified atom stereocenters. The minimum absolute atomic E-state index is 0.947. The van der Waals surface area contributed by atoms with Crippen LogP contribution in [0.25, 0.3) is 0 Å². The maximum Gasteiger partial charge on any atom is 0.397 e. The molecule has 19 heteroatoms. The van der Waals surface area contributed by atoms with Crippen LogP contribution in [0, 0.1) is 0 Å². The van der Waals surface area contributed by atoms with Crippen molar-refractivity contribution in [3.63, 3.8) is 0 Å². The molecule has 0 aromatic rings. The van der Waals surface area contributed by atoms with Crippen molar-refractivity contribution in [2.24, 2.45) is 5.73 Å². The molecule has 0 saturated carbocycles. The first kappa shape index (κ1) is 29.8. The smallest absolute Gasteiger partial charge is 0.394 e. The average molecular weight is 501 g/mol. The second-order valence-electron chi connectivity index (χ2n) is 6.15. The van der Waals surface area contributed by atoms with E-state index in [1.54, 1.807) is 0 Å². The SMILES string of the molecule is C[C@@H](O)[C@@H](O)[C@H](O)[C@@H](O)C(=O)C(=O)[C@H](N)[C@@H](OS(=O)(=O)O)[C@H](OS(=O)(=O)O)[C@H](O)CO. The van der Waals surface area contributed by atoms with Crippen LogP contribution in [0.3, 0.4) is 0 Å². The lowest BCUT2D eigenvalue weighted by atomic mass is 9.92. The van der Waals surface area contributed by atoms with E-state index in [1.165, 1.54) is 0 Å². The third-order valence-electron chi connectivity index (χ3n) is 3.69. The van der Waals surface area contributed by atoms with E-state index in [1.807, 2.05) is 0 Å². The van der Waals surface area contributed by atoms with Gasteiger partial charge in [-0.2, -0.15) is 16.8 Å². The molecular weight excluding hydrogens is 478 g/mol. The number of aliphatic hydroxyl groups excluding tert-OH is 6. The second-order valence-corrected chi connectivity index (χ2v) is 8.24. The molecule has 0 aromatic carbocycles. The molecule has 184 valence electrons. The molecule has 0 saturated heterocycles. The van der Waals surface area contributed by atoms with Crippen molar-refractivity contribution in [2.75, 3.05) is 6.61 Å². The van der Waals surface area contributed by atoms with Gasteiger partial charge in [-0.05, 0) is 6.92 Å². The van der Waals surface area contributed by atoms with E-state index in [-0.39, 0.29) is 0 Å². The number of aliphatic hydroxyl groups is 6. The summed E-state index contributed by atoms with van der Waals surface area (Å²) in [5, 5.41) is 56.5. The molecule has 0 spiro atoms. The van der Waals surface area contributed by atoms with Gasteiger partial charge in [-0.1, -0.05) is 0 Å². The van der Waals surface area contributed by atoms with Gasteiger partial charge < -0.3 is 36.4 Å². The van der Waals surface area contributed by atoms with E-state index in [0.717, 1.165) is 6.92 Å². The van der Waals surface area contributed by atoms with Gasteiger partial charge >= 0.3 is 20.8 Å². The fourth-order valence-electron chi connectivity index (χ4n) is 2.13.